The molecule has 1 saturated carbocycles. The second kappa shape index (κ2) is 6.26. The highest BCUT2D eigenvalue weighted by Gasteiger charge is 2.23. The van der Waals surface area contributed by atoms with Gasteiger partial charge in [-0.15, -0.1) is 23.1 Å². The molecule has 0 N–H and O–H groups in total. The van der Waals surface area contributed by atoms with Crippen molar-refractivity contribution in [1.82, 2.24) is 0 Å². The van der Waals surface area contributed by atoms with Crippen LogP contribution in [-0.4, -0.2) is 16.3 Å². The average molecular weight is 289 g/mol. The molecule has 0 aliphatic heterocycles. The Hall–Kier alpha value is 0.01000. The summed E-state index contributed by atoms with van der Waals surface area (Å²) in [4.78, 5) is 13.0. The minimum absolute atomic E-state index is 0.0628. The summed E-state index contributed by atoms with van der Waals surface area (Å²) in [6.45, 7) is 2.02. The molecule has 1 aliphatic rings. The number of ketones is 1. The van der Waals surface area contributed by atoms with E-state index in [0.717, 1.165) is 4.88 Å². The van der Waals surface area contributed by atoms with Gasteiger partial charge >= 0.3 is 0 Å². The standard InChI is InChI=1S/C13H17ClOS2/c1-9(16-10-5-3-2-4-6-10)13(15)11-7-8-12(14)17-11/h7-10H,2-6H2,1H3. The van der Waals surface area contributed by atoms with E-state index in [4.69, 9.17) is 11.6 Å². The SMILES string of the molecule is CC(SC1CCCCC1)C(=O)c1ccc(Cl)s1. The Labute approximate surface area is 116 Å². The minimum atomic E-state index is 0.0628. The molecule has 0 amide bonds. The average Bonchev–Trinajstić information content (AvgIpc) is 2.76. The second-order valence-corrected chi connectivity index (χ2v) is 7.87. The van der Waals surface area contributed by atoms with E-state index in [1.54, 1.807) is 6.07 Å². The summed E-state index contributed by atoms with van der Waals surface area (Å²) in [5.74, 6) is 0.234. The van der Waals surface area contributed by atoms with Gasteiger partial charge in [0.2, 0.25) is 0 Å². The van der Waals surface area contributed by atoms with Crippen molar-refractivity contribution < 1.29 is 4.79 Å². The van der Waals surface area contributed by atoms with Crippen molar-refractivity contribution in [2.45, 2.75) is 49.5 Å². The number of carbonyl (C=O) groups is 1. The molecule has 0 aromatic carbocycles. The van der Waals surface area contributed by atoms with Crippen LogP contribution in [0.5, 0.6) is 0 Å². The lowest BCUT2D eigenvalue weighted by Gasteiger charge is -2.23. The van der Waals surface area contributed by atoms with Crippen molar-refractivity contribution in [3.05, 3.63) is 21.3 Å². The molecule has 1 aromatic rings. The number of rotatable bonds is 4. The van der Waals surface area contributed by atoms with Crippen LogP contribution in [0.2, 0.25) is 4.34 Å². The number of hydrogen-bond acceptors (Lipinski definition) is 3. The number of Topliss-reactive ketones (excluding diaryl/α,β-unsaturated/α-hetero) is 1. The maximum atomic E-state index is 12.2. The Kier molecular flexibility index (Phi) is 4.95. The first-order chi connectivity index (χ1) is 8.16. The molecule has 1 aromatic heterocycles. The van der Waals surface area contributed by atoms with Gasteiger partial charge in [-0.2, -0.15) is 0 Å². The summed E-state index contributed by atoms with van der Waals surface area (Å²) in [6.07, 6.45) is 6.55. The topological polar surface area (TPSA) is 17.1 Å². The molecule has 1 aliphatic carbocycles. The Morgan fingerprint density at radius 2 is 2.12 bits per heavy atom. The molecular formula is C13H17ClOS2. The summed E-state index contributed by atoms with van der Waals surface area (Å²) in [6, 6.07) is 3.64. The van der Waals surface area contributed by atoms with Gasteiger partial charge in [0.25, 0.3) is 0 Å². The first-order valence-corrected chi connectivity index (χ1v) is 8.25. The normalized spacial score (nSPS) is 19.2. The molecule has 4 heteroatoms. The fourth-order valence-corrected chi connectivity index (χ4v) is 4.78. The van der Waals surface area contributed by atoms with Crippen molar-refractivity contribution in [2.75, 3.05) is 0 Å². The van der Waals surface area contributed by atoms with Gasteiger partial charge in [0.05, 0.1) is 14.5 Å². The molecule has 0 saturated heterocycles. The number of thiophene rings is 1. The third-order valence-corrected chi connectivity index (χ3v) is 5.86. The molecule has 17 heavy (non-hydrogen) atoms. The summed E-state index contributed by atoms with van der Waals surface area (Å²) in [7, 11) is 0. The molecule has 0 bridgehead atoms. The zero-order valence-electron chi connectivity index (χ0n) is 9.95. The Morgan fingerprint density at radius 3 is 2.71 bits per heavy atom. The van der Waals surface area contributed by atoms with Crippen molar-refractivity contribution in [3.8, 4) is 0 Å². The predicted octanol–water partition coefficient (Wildman–Crippen LogP) is 5.04. The minimum Gasteiger partial charge on any atom is -0.292 e. The van der Waals surface area contributed by atoms with Crippen LogP contribution in [0, 0.1) is 0 Å². The van der Waals surface area contributed by atoms with E-state index in [0.29, 0.717) is 9.59 Å². The molecule has 1 heterocycles. The van der Waals surface area contributed by atoms with Crippen LogP contribution in [0.15, 0.2) is 12.1 Å². The maximum Gasteiger partial charge on any atom is 0.185 e. The predicted molar refractivity (Wildman–Crippen MR) is 77.6 cm³/mol. The third kappa shape index (κ3) is 3.73. The van der Waals surface area contributed by atoms with E-state index in [2.05, 4.69) is 0 Å². The lowest BCUT2D eigenvalue weighted by Crippen LogP contribution is -2.18. The quantitative estimate of drug-likeness (QED) is 0.722. The monoisotopic (exact) mass is 288 g/mol. The zero-order valence-corrected chi connectivity index (χ0v) is 12.3. The van der Waals surface area contributed by atoms with E-state index in [1.165, 1.54) is 43.4 Å². The van der Waals surface area contributed by atoms with E-state index >= 15 is 0 Å². The lowest BCUT2D eigenvalue weighted by molar-refractivity contribution is 0.0997. The molecule has 1 nitrogen and oxygen atoms in total. The van der Waals surface area contributed by atoms with Crippen molar-refractivity contribution in [2.24, 2.45) is 0 Å². The highest BCUT2D eigenvalue weighted by Crippen LogP contribution is 2.33. The van der Waals surface area contributed by atoms with Gasteiger partial charge in [0.1, 0.15) is 0 Å². The van der Waals surface area contributed by atoms with E-state index < -0.39 is 0 Å². The number of halogens is 1. The molecule has 0 spiro atoms. The second-order valence-electron chi connectivity index (χ2n) is 4.51. The van der Waals surface area contributed by atoms with Gasteiger partial charge in [-0.1, -0.05) is 30.9 Å². The summed E-state index contributed by atoms with van der Waals surface area (Å²) >= 11 is 9.10. The Morgan fingerprint density at radius 1 is 1.41 bits per heavy atom. The molecule has 1 unspecified atom stereocenters. The van der Waals surface area contributed by atoms with Gasteiger partial charge in [-0.05, 0) is 31.9 Å². The largest absolute Gasteiger partial charge is 0.292 e. The number of hydrogen-bond donors (Lipinski definition) is 0. The Bertz CT molecular complexity index is 383. The number of thioether (sulfide) groups is 1. The molecule has 94 valence electrons. The van der Waals surface area contributed by atoms with Gasteiger partial charge in [-0.3, -0.25) is 4.79 Å². The summed E-state index contributed by atoms with van der Waals surface area (Å²) in [5.41, 5.74) is 0. The van der Waals surface area contributed by atoms with Crippen LogP contribution in [0.3, 0.4) is 0 Å². The highest BCUT2D eigenvalue weighted by molar-refractivity contribution is 8.01. The maximum absolute atomic E-state index is 12.2. The summed E-state index contributed by atoms with van der Waals surface area (Å²) < 4.78 is 0.697. The van der Waals surface area contributed by atoms with E-state index in [1.807, 2.05) is 24.8 Å². The van der Waals surface area contributed by atoms with E-state index in [9.17, 15) is 4.79 Å². The molecular weight excluding hydrogens is 272 g/mol. The van der Waals surface area contributed by atoms with Gasteiger partial charge in [0.15, 0.2) is 5.78 Å². The van der Waals surface area contributed by atoms with Crippen LogP contribution in [0.4, 0.5) is 0 Å². The van der Waals surface area contributed by atoms with Crippen LogP contribution in [-0.2, 0) is 0 Å². The zero-order chi connectivity index (χ0) is 12.3. The van der Waals surface area contributed by atoms with Crippen LogP contribution < -0.4 is 0 Å². The van der Waals surface area contributed by atoms with Crippen LogP contribution in [0.25, 0.3) is 0 Å². The third-order valence-electron chi connectivity index (χ3n) is 3.13. The molecule has 2 rings (SSSR count). The fourth-order valence-electron chi connectivity index (χ4n) is 2.20. The Balaban J connectivity index is 1.90. The summed E-state index contributed by atoms with van der Waals surface area (Å²) in [5, 5.41) is 0.742. The van der Waals surface area contributed by atoms with Gasteiger partial charge in [-0.25, -0.2) is 0 Å². The first kappa shape index (κ1) is 13.4. The van der Waals surface area contributed by atoms with Crippen LogP contribution >= 0.6 is 34.7 Å². The van der Waals surface area contributed by atoms with Gasteiger partial charge < -0.3 is 0 Å². The van der Waals surface area contributed by atoms with Crippen molar-refractivity contribution in [3.63, 3.8) is 0 Å². The molecule has 0 radical (unpaired) electrons. The fraction of sp³-hybridized carbons (Fsp3) is 0.615. The van der Waals surface area contributed by atoms with Crippen LogP contribution in [0.1, 0.15) is 48.7 Å². The number of carbonyl (C=O) groups excluding carboxylic acids is 1. The first-order valence-electron chi connectivity index (χ1n) is 6.12. The molecule has 1 atom stereocenters. The smallest absolute Gasteiger partial charge is 0.185 e. The van der Waals surface area contributed by atoms with Gasteiger partial charge in [0, 0.05) is 5.25 Å². The lowest BCUT2D eigenvalue weighted by atomic mass is 10.0. The molecule has 1 fully saturated rings. The van der Waals surface area contributed by atoms with Crippen molar-refractivity contribution >= 4 is 40.5 Å². The van der Waals surface area contributed by atoms with E-state index in [-0.39, 0.29) is 11.0 Å². The highest BCUT2D eigenvalue weighted by atomic mass is 35.5. The van der Waals surface area contributed by atoms with Crippen molar-refractivity contribution in [1.29, 1.82) is 0 Å².